The molecular weight excluding hydrogens is 222 g/mol. The highest BCUT2D eigenvalue weighted by Crippen LogP contribution is 2.25. The molecule has 2 rings (SSSR count). The number of aromatic nitrogens is 3. The fourth-order valence-electron chi connectivity index (χ4n) is 1.25. The van der Waals surface area contributed by atoms with Crippen LogP contribution in [0, 0.1) is 0 Å². The van der Waals surface area contributed by atoms with Gasteiger partial charge in [0.2, 0.25) is 0 Å². The number of aliphatic hydroxyl groups is 1. The molecule has 2 aromatic rings. The van der Waals surface area contributed by atoms with Crippen LogP contribution in [0.25, 0.3) is 0 Å². The van der Waals surface area contributed by atoms with Gasteiger partial charge < -0.3 is 9.67 Å². The summed E-state index contributed by atoms with van der Waals surface area (Å²) in [5.41, 5.74) is 0.684. The Balaban J connectivity index is 2.14. The molecule has 16 heavy (non-hydrogen) atoms. The van der Waals surface area contributed by atoms with Gasteiger partial charge in [-0.3, -0.25) is 4.98 Å². The van der Waals surface area contributed by atoms with Gasteiger partial charge in [0.05, 0.1) is 11.8 Å². The second-order valence-electron chi connectivity index (χ2n) is 3.52. The van der Waals surface area contributed by atoms with Gasteiger partial charge in [-0.05, 0) is 19.1 Å². The second-order valence-corrected chi connectivity index (χ2v) is 4.56. The van der Waals surface area contributed by atoms with Crippen molar-refractivity contribution in [2.45, 2.75) is 23.1 Å². The van der Waals surface area contributed by atoms with E-state index < -0.39 is 6.10 Å². The maximum atomic E-state index is 9.33. The molecule has 0 aromatic carbocycles. The van der Waals surface area contributed by atoms with E-state index in [0.29, 0.717) is 5.69 Å². The Morgan fingerprint density at radius 2 is 2.19 bits per heavy atom. The van der Waals surface area contributed by atoms with Crippen molar-refractivity contribution in [1.82, 2.24) is 14.5 Å². The van der Waals surface area contributed by atoms with Crippen LogP contribution in [0.1, 0.15) is 18.7 Å². The molecular formula is C11H13N3OS. The van der Waals surface area contributed by atoms with Crippen molar-refractivity contribution >= 4 is 11.8 Å². The molecule has 0 saturated carbocycles. The fraction of sp³-hybridized carbons (Fsp3) is 0.273. The molecule has 0 bridgehead atoms. The van der Waals surface area contributed by atoms with Crippen molar-refractivity contribution in [2.75, 3.05) is 0 Å². The molecule has 5 heteroatoms. The molecule has 1 N–H and O–H groups in total. The largest absolute Gasteiger partial charge is 0.387 e. The molecule has 1 atom stereocenters. The van der Waals surface area contributed by atoms with Gasteiger partial charge >= 0.3 is 0 Å². The third kappa shape index (κ3) is 2.43. The minimum Gasteiger partial charge on any atom is -0.387 e. The van der Waals surface area contributed by atoms with Gasteiger partial charge in [-0.1, -0.05) is 11.8 Å². The minimum absolute atomic E-state index is 0.521. The van der Waals surface area contributed by atoms with E-state index in [1.807, 2.05) is 29.9 Å². The lowest BCUT2D eigenvalue weighted by Gasteiger charge is -2.05. The molecule has 4 nitrogen and oxygen atoms in total. The van der Waals surface area contributed by atoms with E-state index in [0.717, 1.165) is 10.1 Å². The summed E-state index contributed by atoms with van der Waals surface area (Å²) in [6.45, 7) is 1.70. The molecule has 0 saturated heterocycles. The Labute approximate surface area is 98.4 Å². The van der Waals surface area contributed by atoms with E-state index in [1.54, 1.807) is 31.1 Å². The Bertz CT molecular complexity index is 464. The molecule has 2 aromatic heterocycles. The Morgan fingerprint density at radius 3 is 2.69 bits per heavy atom. The van der Waals surface area contributed by atoms with Crippen molar-refractivity contribution in [3.05, 3.63) is 36.4 Å². The number of hydrogen-bond donors (Lipinski definition) is 1. The summed E-state index contributed by atoms with van der Waals surface area (Å²) in [5, 5.41) is 10.3. The average Bonchev–Trinajstić information content (AvgIpc) is 2.65. The SMILES string of the molecule is C[C@@H](O)c1ccc(Sc2nccn2C)cn1. The van der Waals surface area contributed by atoms with E-state index in [4.69, 9.17) is 0 Å². The van der Waals surface area contributed by atoms with Gasteiger partial charge in [0.1, 0.15) is 0 Å². The third-order valence-corrected chi connectivity index (χ3v) is 3.23. The highest BCUT2D eigenvalue weighted by molar-refractivity contribution is 7.99. The lowest BCUT2D eigenvalue weighted by atomic mass is 10.2. The summed E-state index contributed by atoms with van der Waals surface area (Å²) >= 11 is 1.55. The number of nitrogens with zero attached hydrogens (tertiary/aromatic N) is 3. The molecule has 0 fully saturated rings. The van der Waals surface area contributed by atoms with E-state index >= 15 is 0 Å². The molecule has 0 aliphatic carbocycles. The zero-order valence-corrected chi connectivity index (χ0v) is 9.98. The fourth-order valence-corrected chi connectivity index (χ4v) is 2.03. The van der Waals surface area contributed by atoms with Gasteiger partial charge in [-0.2, -0.15) is 0 Å². The van der Waals surface area contributed by atoms with Crippen LogP contribution >= 0.6 is 11.8 Å². The lowest BCUT2D eigenvalue weighted by Crippen LogP contribution is -1.94. The van der Waals surface area contributed by atoms with Gasteiger partial charge in [-0.15, -0.1) is 0 Å². The summed E-state index contributed by atoms with van der Waals surface area (Å²) in [7, 11) is 1.95. The molecule has 0 spiro atoms. The van der Waals surface area contributed by atoms with Crippen LogP contribution in [0.3, 0.4) is 0 Å². The normalized spacial score (nSPS) is 12.7. The number of imidazole rings is 1. The van der Waals surface area contributed by atoms with Crippen molar-refractivity contribution in [2.24, 2.45) is 7.05 Å². The number of aliphatic hydroxyl groups excluding tert-OH is 1. The maximum Gasteiger partial charge on any atom is 0.172 e. The summed E-state index contributed by atoms with van der Waals surface area (Å²) < 4.78 is 1.95. The van der Waals surface area contributed by atoms with Crippen LogP contribution in [0.4, 0.5) is 0 Å². The zero-order chi connectivity index (χ0) is 11.5. The summed E-state index contributed by atoms with van der Waals surface area (Å²) in [6, 6.07) is 3.77. The number of pyridine rings is 1. The van der Waals surface area contributed by atoms with Crippen molar-refractivity contribution in [1.29, 1.82) is 0 Å². The molecule has 0 aliphatic heterocycles. The molecule has 0 radical (unpaired) electrons. The van der Waals surface area contributed by atoms with E-state index in [1.165, 1.54) is 0 Å². The number of hydrogen-bond acceptors (Lipinski definition) is 4. The van der Waals surface area contributed by atoms with Crippen LogP contribution in [0.5, 0.6) is 0 Å². The molecule has 84 valence electrons. The zero-order valence-electron chi connectivity index (χ0n) is 9.16. The first-order valence-electron chi connectivity index (χ1n) is 4.96. The smallest absolute Gasteiger partial charge is 0.172 e. The molecule has 0 aliphatic rings. The third-order valence-electron chi connectivity index (χ3n) is 2.17. The standard InChI is InChI=1S/C11H13N3OS/c1-8(15)10-4-3-9(7-13-10)16-11-12-5-6-14(11)2/h3-8,15H,1-2H3/t8-/m1/s1. The van der Waals surface area contributed by atoms with E-state index in [9.17, 15) is 5.11 Å². The molecule has 2 heterocycles. The summed E-state index contributed by atoms with van der Waals surface area (Å²) in [4.78, 5) is 9.41. The highest BCUT2D eigenvalue weighted by Gasteiger charge is 2.05. The van der Waals surface area contributed by atoms with Crippen LogP contribution < -0.4 is 0 Å². The molecule has 0 amide bonds. The Morgan fingerprint density at radius 1 is 1.38 bits per heavy atom. The predicted molar refractivity (Wildman–Crippen MR) is 62.2 cm³/mol. The highest BCUT2D eigenvalue weighted by atomic mass is 32.2. The quantitative estimate of drug-likeness (QED) is 0.884. The second kappa shape index (κ2) is 4.67. The van der Waals surface area contributed by atoms with Crippen LogP contribution in [-0.4, -0.2) is 19.6 Å². The van der Waals surface area contributed by atoms with Gasteiger partial charge in [0, 0.05) is 30.5 Å². The number of rotatable bonds is 3. The molecule has 0 unspecified atom stereocenters. The van der Waals surface area contributed by atoms with Crippen molar-refractivity contribution < 1.29 is 5.11 Å². The van der Waals surface area contributed by atoms with Crippen LogP contribution in [0.15, 0.2) is 40.8 Å². The van der Waals surface area contributed by atoms with Gasteiger partial charge in [-0.25, -0.2) is 4.98 Å². The predicted octanol–water partition coefficient (Wildman–Crippen LogP) is 2.02. The van der Waals surface area contributed by atoms with E-state index in [2.05, 4.69) is 9.97 Å². The maximum absolute atomic E-state index is 9.33. The first-order valence-corrected chi connectivity index (χ1v) is 5.77. The summed E-state index contributed by atoms with van der Waals surface area (Å²) in [6.07, 6.45) is 4.90. The van der Waals surface area contributed by atoms with Gasteiger partial charge in [0.25, 0.3) is 0 Å². The van der Waals surface area contributed by atoms with Crippen molar-refractivity contribution in [3.63, 3.8) is 0 Å². The topological polar surface area (TPSA) is 50.9 Å². The van der Waals surface area contributed by atoms with Crippen LogP contribution in [0.2, 0.25) is 0 Å². The van der Waals surface area contributed by atoms with Gasteiger partial charge in [0.15, 0.2) is 5.16 Å². The Hall–Kier alpha value is -1.33. The first-order chi connectivity index (χ1) is 7.66. The first kappa shape index (κ1) is 11.2. The summed E-state index contributed by atoms with van der Waals surface area (Å²) in [5.74, 6) is 0. The van der Waals surface area contributed by atoms with E-state index in [-0.39, 0.29) is 0 Å². The lowest BCUT2D eigenvalue weighted by molar-refractivity contribution is 0.194. The number of aryl methyl sites for hydroxylation is 1. The van der Waals surface area contributed by atoms with Crippen molar-refractivity contribution in [3.8, 4) is 0 Å². The monoisotopic (exact) mass is 235 g/mol. The van der Waals surface area contributed by atoms with Crippen LogP contribution in [-0.2, 0) is 7.05 Å². The Kier molecular flexibility index (Phi) is 3.26. The average molecular weight is 235 g/mol. The minimum atomic E-state index is -0.521.